The number of hydrogen-bond donors (Lipinski definition) is 2. The van der Waals surface area contributed by atoms with E-state index in [2.05, 4.69) is 15.5 Å². The molecule has 1 aromatic rings. The number of nitrogens with zero attached hydrogens (tertiary/aromatic N) is 1. The van der Waals surface area contributed by atoms with Crippen molar-refractivity contribution in [2.75, 3.05) is 12.4 Å². The van der Waals surface area contributed by atoms with E-state index < -0.39 is 0 Å². The highest BCUT2D eigenvalue weighted by Gasteiger charge is 2.00. The summed E-state index contributed by atoms with van der Waals surface area (Å²) in [5, 5.41) is 9.92. The molecule has 0 amide bonds. The first-order valence-corrected chi connectivity index (χ1v) is 2.95. The van der Waals surface area contributed by atoms with Crippen LogP contribution in [-0.2, 0) is 0 Å². The number of aromatic amines is 1. The van der Waals surface area contributed by atoms with Gasteiger partial charge in [-0.05, 0) is 13.8 Å². The second-order valence-corrected chi connectivity index (χ2v) is 2.06. The number of nitrogens with one attached hydrogen (secondary N) is 2. The van der Waals surface area contributed by atoms with Crippen LogP contribution in [0.3, 0.4) is 0 Å². The first-order valence-electron chi connectivity index (χ1n) is 2.95. The summed E-state index contributed by atoms with van der Waals surface area (Å²) in [6.07, 6.45) is 0. The average molecular weight is 162 g/mol. The molecule has 3 nitrogen and oxygen atoms in total. The quantitative estimate of drug-likeness (QED) is 0.655. The minimum Gasteiger partial charge on any atom is -0.385 e. The van der Waals surface area contributed by atoms with Gasteiger partial charge in [0.15, 0.2) is 0 Å². The van der Waals surface area contributed by atoms with Crippen molar-refractivity contribution in [3.05, 3.63) is 11.4 Å². The van der Waals surface area contributed by atoms with E-state index in [-0.39, 0.29) is 12.4 Å². The van der Waals surface area contributed by atoms with Gasteiger partial charge >= 0.3 is 0 Å². The molecular weight excluding hydrogens is 150 g/mol. The Morgan fingerprint density at radius 1 is 1.40 bits per heavy atom. The van der Waals surface area contributed by atoms with Crippen molar-refractivity contribution >= 4 is 18.1 Å². The molecule has 0 aromatic carbocycles. The maximum absolute atomic E-state index is 4.00. The molecule has 1 aromatic heterocycles. The molecule has 0 aliphatic heterocycles. The Labute approximate surface area is 66.6 Å². The van der Waals surface area contributed by atoms with Gasteiger partial charge in [0, 0.05) is 7.05 Å². The summed E-state index contributed by atoms with van der Waals surface area (Å²) in [6, 6.07) is 0. The zero-order valence-electron chi connectivity index (χ0n) is 6.36. The predicted molar refractivity (Wildman–Crippen MR) is 44.9 cm³/mol. The molecule has 1 heterocycles. The molecule has 0 radical (unpaired) electrons. The molecule has 0 saturated carbocycles. The Morgan fingerprint density at radius 2 is 2.00 bits per heavy atom. The Bertz CT molecular complexity index is 187. The van der Waals surface area contributed by atoms with E-state index in [9.17, 15) is 0 Å². The Hall–Kier alpha value is -0.700. The molecule has 0 bridgehead atoms. The first-order chi connectivity index (χ1) is 4.25. The monoisotopic (exact) mass is 161 g/mol. The molecule has 0 atom stereocenters. The lowest BCUT2D eigenvalue weighted by Crippen LogP contribution is -1.89. The van der Waals surface area contributed by atoms with Gasteiger partial charge in [0.1, 0.15) is 0 Å². The van der Waals surface area contributed by atoms with Gasteiger partial charge in [0.25, 0.3) is 0 Å². The standard InChI is InChI=1S/C6H11N3.ClH/c1-4-6(7-3)5(2)9-8-4;/h7H,1-3H3,(H,8,9);1H. The summed E-state index contributed by atoms with van der Waals surface area (Å²) < 4.78 is 0. The second kappa shape index (κ2) is 3.46. The van der Waals surface area contributed by atoms with Crippen LogP contribution < -0.4 is 5.32 Å². The fraction of sp³-hybridized carbons (Fsp3) is 0.500. The molecule has 4 heteroatoms. The van der Waals surface area contributed by atoms with Gasteiger partial charge in [-0.3, -0.25) is 5.10 Å². The maximum Gasteiger partial charge on any atom is 0.0825 e. The Balaban J connectivity index is 0.000000810. The molecule has 1 rings (SSSR count). The van der Waals surface area contributed by atoms with Crippen LogP contribution in [0.5, 0.6) is 0 Å². The zero-order valence-corrected chi connectivity index (χ0v) is 7.17. The minimum absolute atomic E-state index is 0. The van der Waals surface area contributed by atoms with E-state index in [4.69, 9.17) is 0 Å². The van der Waals surface area contributed by atoms with Crippen molar-refractivity contribution in [3.63, 3.8) is 0 Å². The van der Waals surface area contributed by atoms with E-state index in [0.717, 1.165) is 17.1 Å². The van der Waals surface area contributed by atoms with Crippen LogP contribution in [0.4, 0.5) is 5.69 Å². The highest BCUT2D eigenvalue weighted by atomic mass is 35.5. The number of aromatic nitrogens is 2. The average Bonchev–Trinajstić information content (AvgIpc) is 2.12. The Morgan fingerprint density at radius 3 is 2.20 bits per heavy atom. The number of rotatable bonds is 1. The van der Waals surface area contributed by atoms with Crippen molar-refractivity contribution in [2.24, 2.45) is 0 Å². The third kappa shape index (κ3) is 1.42. The summed E-state index contributed by atoms with van der Waals surface area (Å²) in [4.78, 5) is 0. The number of anilines is 1. The van der Waals surface area contributed by atoms with Gasteiger partial charge < -0.3 is 5.32 Å². The summed E-state index contributed by atoms with van der Waals surface area (Å²) in [5.74, 6) is 0. The molecule has 58 valence electrons. The van der Waals surface area contributed by atoms with Crippen LogP contribution in [0.1, 0.15) is 11.4 Å². The van der Waals surface area contributed by atoms with Gasteiger partial charge in [-0.1, -0.05) is 0 Å². The molecule has 2 N–H and O–H groups in total. The van der Waals surface area contributed by atoms with Crippen LogP contribution in [-0.4, -0.2) is 17.2 Å². The van der Waals surface area contributed by atoms with E-state index in [0.29, 0.717) is 0 Å². The fourth-order valence-corrected chi connectivity index (χ4v) is 0.919. The van der Waals surface area contributed by atoms with Crippen molar-refractivity contribution in [1.82, 2.24) is 10.2 Å². The van der Waals surface area contributed by atoms with Crippen LogP contribution >= 0.6 is 12.4 Å². The zero-order chi connectivity index (χ0) is 6.85. The summed E-state index contributed by atoms with van der Waals surface area (Å²) in [5.41, 5.74) is 3.22. The van der Waals surface area contributed by atoms with Crippen LogP contribution in [0.15, 0.2) is 0 Å². The molecular formula is C6H12ClN3. The molecule has 0 spiro atoms. The van der Waals surface area contributed by atoms with Crippen molar-refractivity contribution < 1.29 is 0 Å². The number of H-pyrrole nitrogens is 1. The SMILES string of the molecule is CNc1c(C)n[nH]c1C.Cl. The van der Waals surface area contributed by atoms with E-state index in [1.807, 2.05) is 20.9 Å². The largest absolute Gasteiger partial charge is 0.385 e. The highest BCUT2D eigenvalue weighted by Crippen LogP contribution is 2.13. The number of halogens is 1. The molecule has 0 saturated heterocycles. The van der Waals surface area contributed by atoms with Crippen LogP contribution in [0.25, 0.3) is 0 Å². The van der Waals surface area contributed by atoms with E-state index in [1.54, 1.807) is 0 Å². The van der Waals surface area contributed by atoms with Crippen molar-refractivity contribution in [1.29, 1.82) is 0 Å². The normalized spacial score (nSPS) is 8.70. The lowest BCUT2D eigenvalue weighted by Gasteiger charge is -1.95. The molecule has 0 unspecified atom stereocenters. The molecule has 0 aliphatic carbocycles. The van der Waals surface area contributed by atoms with Gasteiger partial charge in [0.2, 0.25) is 0 Å². The topological polar surface area (TPSA) is 40.7 Å². The number of hydrogen-bond acceptors (Lipinski definition) is 2. The van der Waals surface area contributed by atoms with Crippen LogP contribution in [0, 0.1) is 13.8 Å². The minimum atomic E-state index is 0. The summed E-state index contributed by atoms with van der Waals surface area (Å²) >= 11 is 0. The predicted octanol–water partition coefficient (Wildman–Crippen LogP) is 1.49. The Kier molecular flexibility index (Phi) is 3.22. The lowest BCUT2D eigenvalue weighted by atomic mass is 10.3. The highest BCUT2D eigenvalue weighted by molar-refractivity contribution is 5.85. The second-order valence-electron chi connectivity index (χ2n) is 2.06. The van der Waals surface area contributed by atoms with Gasteiger partial charge in [-0.15, -0.1) is 12.4 Å². The van der Waals surface area contributed by atoms with Gasteiger partial charge in [0.05, 0.1) is 17.1 Å². The van der Waals surface area contributed by atoms with Crippen LogP contribution in [0.2, 0.25) is 0 Å². The van der Waals surface area contributed by atoms with E-state index >= 15 is 0 Å². The lowest BCUT2D eigenvalue weighted by molar-refractivity contribution is 1.02. The molecule has 0 fully saturated rings. The summed E-state index contributed by atoms with van der Waals surface area (Å²) in [6.45, 7) is 3.96. The van der Waals surface area contributed by atoms with E-state index in [1.165, 1.54) is 0 Å². The van der Waals surface area contributed by atoms with Gasteiger partial charge in [-0.2, -0.15) is 5.10 Å². The number of aryl methyl sites for hydroxylation is 2. The third-order valence-electron chi connectivity index (χ3n) is 1.38. The smallest absolute Gasteiger partial charge is 0.0825 e. The first kappa shape index (κ1) is 9.30. The van der Waals surface area contributed by atoms with Gasteiger partial charge in [-0.25, -0.2) is 0 Å². The molecule has 10 heavy (non-hydrogen) atoms. The summed E-state index contributed by atoms with van der Waals surface area (Å²) in [7, 11) is 1.89. The molecule has 0 aliphatic rings. The maximum atomic E-state index is 4.00. The third-order valence-corrected chi connectivity index (χ3v) is 1.38. The van der Waals surface area contributed by atoms with Crippen molar-refractivity contribution in [3.8, 4) is 0 Å². The van der Waals surface area contributed by atoms with Crippen molar-refractivity contribution in [2.45, 2.75) is 13.8 Å². The fourth-order valence-electron chi connectivity index (χ4n) is 0.919.